The molecule has 80 valence electrons. The number of nitrogens with zero attached hydrogens (tertiary/aromatic N) is 2. The molecule has 0 amide bonds. The first kappa shape index (κ1) is 11.2. The molecule has 3 nitrogen and oxygen atoms in total. The molecule has 1 N–H and O–H groups in total. The molecule has 0 saturated heterocycles. The summed E-state index contributed by atoms with van der Waals surface area (Å²) in [5.41, 5.74) is 0.945. The Labute approximate surface area is 85.8 Å². The van der Waals surface area contributed by atoms with Crippen LogP contribution in [0, 0.1) is 5.92 Å². The minimum atomic E-state index is -0.356. The first-order valence-corrected chi connectivity index (χ1v) is 5.43. The maximum Gasteiger partial charge on any atom is 0.0848 e. The number of aryl methyl sites for hydroxylation is 1. The SMILES string of the molecule is CCC(CC)C(O)c1cnn(CC)c1. The molecule has 1 heterocycles. The fourth-order valence-corrected chi connectivity index (χ4v) is 1.71. The highest BCUT2D eigenvalue weighted by atomic mass is 16.3. The van der Waals surface area contributed by atoms with Crippen molar-refractivity contribution in [2.24, 2.45) is 5.92 Å². The van der Waals surface area contributed by atoms with Crippen LogP contribution >= 0.6 is 0 Å². The second-order valence-electron chi connectivity index (χ2n) is 3.65. The number of rotatable bonds is 5. The molecule has 0 spiro atoms. The zero-order valence-corrected chi connectivity index (χ0v) is 9.27. The van der Waals surface area contributed by atoms with Crippen molar-refractivity contribution in [3.8, 4) is 0 Å². The summed E-state index contributed by atoms with van der Waals surface area (Å²) >= 11 is 0. The molecule has 0 radical (unpaired) electrons. The lowest BCUT2D eigenvalue weighted by Gasteiger charge is -2.18. The van der Waals surface area contributed by atoms with Crippen LogP contribution in [0.25, 0.3) is 0 Å². The van der Waals surface area contributed by atoms with E-state index in [0.29, 0.717) is 5.92 Å². The van der Waals surface area contributed by atoms with Gasteiger partial charge in [-0.25, -0.2) is 0 Å². The lowest BCUT2D eigenvalue weighted by Crippen LogP contribution is -2.10. The molecule has 0 aliphatic heterocycles. The highest BCUT2D eigenvalue weighted by Crippen LogP contribution is 2.26. The summed E-state index contributed by atoms with van der Waals surface area (Å²) in [6.45, 7) is 7.12. The van der Waals surface area contributed by atoms with Gasteiger partial charge in [-0.15, -0.1) is 0 Å². The normalized spacial score (nSPS) is 13.5. The topological polar surface area (TPSA) is 38.1 Å². The Hall–Kier alpha value is -0.830. The molecule has 3 heteroatoms. The minimum absolute atomic E-state index is 0.351. The second-order valence-corrected chi connectivity index (χ2v) is 3.65. The van der Waals surface area contributed by atoms with Gasteiger partial charge < -0.3 is 5.11 Å². The van der Waals surface area contributed by atoms with Crippen LogP contribution in [0.1, 0.15) is 45.3 Å². The second kappa shape index (κ2) is 5.15. The molecule has 0 saturated carbocycles. The van der Waals surface area contributed by atoms with Crippen LogP contribution in [0.4, 0.5) is 0 Å². The standard InChI is InChI=1S/C11H20N2O/c1-4-9(5-2)11(14)10-7-12-13(6-3)8-10/h7-9,11,14H,4-6H2,1-3H3. The van der Waals surface area contributed by atoms with Crippen molar-refractivity contribution < 1.29 is 5.11 Å². The van der Waals surface area contributed by atoms with E-state index in [1.807, 2.05) is 17.8 Å². The molecule has 1 aromatic heterocycles. The van der Waals surface area contributed by atoms with E-state index in [1.54, 1.807) is 6.20 Å². The van der Waals surface area contributed by atoms with Gasteiger partial charge in [0.05, 0.1) is 12.3 Å². The minimum Gasteiger partial charge on any atom is -0.388 e. The summed E-state index contributed by atoms with van der Waals surface area (Å²) in [4.78, 5) is 0. The summed E-state index contributed by atoms with van der Waals surface area (Å²) in [6, 6.07) is 0. The molecule has 0 aliphatic rings. The number of hydrogen-bond acceptors (Lipinski definition) is 2. The Morgan fingerprint density at radius 1 is 1.36 bits per heavy atom. The average molecular weight is 196 g/mol. The predicted molar refractivity (Wildman–Crippen MR) is 56.9 cm³/mol. The lowest BCUT2D eigenvalue weighted by atomic mass is 9.93. The van der Waals surface area contributed by atoms with E-state index >= 15 is 0 Å². The Bertz CT molecular complexity index is 266. The van der Waals surface area contributed by atoms with Crippen LogP contribution in [-0.4, -0.2) is 14.9 Å². The molecule has 1 unspecified atom stereocenters. The molecule has 1 rings (SSSR count). The van der Waals surface area contributed by atoms with Gasteiger partial charge in [0.15, 0.2) is 0 Å². The van der Waals surface area contributed by atoms with Crippen molar-refractivity contribution >= 4 is 0 Å². The third-order valence-corrected chi connectivity index (χ3v) is 2.81. The quantitative estimate of drug-likeness (QED) is 0.785. The Morgan fingerprint density at radius 2 is 2.00 bits per heavy atom. The van der Waals surface area contributed by atoms with Gasteiger partial charge in [-0.3, -0.25) is 4.68 Å². The maximum absolute atomic E-state index is 10.0. The predicted octanol–water partition coefficient (Wildman–Crippen LogP) is 2.37. The first-order chi connectivity index (χ1) is 6.72. The number of aromatic nitrogens is 2. The summed E-state index contributed by atoms with van der Waals surface area (Å²) in [6.07, 6.45) is 5.37. The average Bonchev–Trinajstić information content (AvgIpc) is 2.67. The van der Waals surface area contributed by atoms with Crippen molar-refractivity contribution in [1.29, 1.82) is 0 Å². The highest BCUT2D eigenvalue weighted by Gasteiger charge is 2.18. The van der Waals surface area contributed by atoms with Crippen LogP contribution < -0.4 is 0 Å². The van der Waals surface area contributed by atoms with Crippen molar-refractivity contribution in [3.05, 3.63) is 18.0 Å². The van der Waals surface area contributed by atoms with Gasteiger partial charge >= 0.3 is 0 Å². The third-order valence-electron chi connectivity index (χ3n) is 2.81. The van der Waals surface area contributed by atoms with Crippen molar-refractivity contribution in [2.75, 3.05) is 0 Å². The largest absolute Gasteiger partial charge is 0.388 e. The highest BCUT2D eigenvalue weighted by molar-refractivity contribution is 5.08. The van der Waals surface area contributed by atoms with Crippen molar-refractivity contribution in [3.63, 3.8) is 0 Å². The molecule has 14 heavy (non-hydrogen) atoms. The molecular formula is C11H20N2O. The molecular weight excluding hydrogens is 176 g/mol. The van der Waals surface area contributed by atoms with Gasteiger partial charge in [0, 0.05) is 18.3 Å². The van der Waals surface area contributed by atoms with E-state index in [4.69, 9.17) is 0 Å². The van der Waals surface area contributed by atoms with Crippen LogP contribution in [0.3, 0.4) is 0 Å². The fourth-order valence-electron chi connectivity index (χ4n) is 1.71. The zero-order chi connectivity index (χ0) is 10.6. The summed E-state index contributed by atoms with van der Waals surface area (Å²) in [5, 5.41) is 14.2. The van der Waals surface area contributed by atoms with E-state index in [-0.39, 0.29) is 6.10 Å². The Balaban J connectivity index is 2.72. The zero-order valence-electron chi connectivity index (χ0n) is 9.27. The fraction of sp³-hybridized carbons (Fsp3) is 0.727. The van der Waals surface area contributed by atoms with Gasteiger partial charge in [-0.2, -0.15) is 5.10 Å². The van der Waals surface area contributed by atoms with E-state index in [9.17, 15) is 5.11 Å². The van der Waals surface area contributed by atoms with E-state index in [0.717, 1.165) is 24.9 Å². The number of hydrogen-bond donors (Lipinski definition) is 1. The molecule has 0 aromatic carbocycles. The van der Waals surface area contributed by atoms with Crippen LogP contribution in [0.2, 0.25) is 0 Å². The molecule has 1 atom stereocenters. The van der Waals surface area contributed by atoms with E-state index in [2.05, 4.69) is 18.9 Å². The van der Waals surface area contributed by atoms with Gasteiger partial charge in [0.1, 0.15) is 0 Å². The van der Waals surface area contributed by atoms with Crippen molar-refractivity contribution in [2.45, 2.75) is 46.3 Å². The Morgan fingerprint density at radius 3 is 2.43 bits per heavy atom. The van der Waals surface area contributed by atoms with Crippen LogP contribution in [0.5, 0.6) is 0 Å². The monoisotopic (exact) mass is 196 g/mol. The van der Waals surface area contributed by atoms with Crippen LogP contribution in [0.15, 0.2) is 12.4 Å². The molecule has 0 fully saturated rings. The molecule has 0 bridgehead atoms. The Kier molecular flexibility index (Phi) is 4.14. The maximum atomic E-state index is 10.0. The summed E-state index contributed by atoms with van der Waals surface area (Å²) in [7, 11) is 0. The van der Waals surface area contributed by atoms with Gasteiger partial charge in [-0.05, 0) is 12.8 Å². The molecule has 0 aliphatic carbocycles. The number of aliphatic hydroxyl groups is 1. The van der Waals surface area contributed by atoms with Crippen molar-refractivity contribution in [1.82, 2.24) is 9.78 Å². The third kappa shape index (κ3) is 2.35. The van der Waals surface area contributed by atoms with E-state index in [1.165, 1.54) is 0 Å². The van der Waals surface area contributed by atoms with Gasteiger partial charge in [0.25, 0.3) is 0 Å². The number of aliphatic hydroxyl groups excluding tert-OH is 1. The summed E-state index contributed by atoms with van der Waals surface area (Å²) in [5.74, 6) is 0.351. The van der Waals surface area contributed by atoms with Crippen LogP contribution in [-0.2, 0) is 6.54 Å². The van der Waals surface area contributed by atoms with Gasteiger partial charge in [0.2, 0.25) is 0 Å². The molecule has 1 aromatic rings. The lowest BCUT2D eigenvalue weighted by molar-refractivity contribution is 0.103. The van der Waals surface area contributed by atoms with E-state index < -0.39 is 0 Å². The first-order valence-electron chi connectivity index (χ1n) is 5.43. The summed E-state index contributed by atoms with van der Waals surface area (Å²) < 4.78 is 1.85. The smallest absolute Gasteiger partial charge is 0.0848 e. The van der Waals surface area contributed by atoms with Gasteiger partial charge in [-0.1, -0.05) is 26.7 Å².